The summed E-state index contributed by atoms with van der Waals surface area (Å²) in [4.78, 5) is 12.7. The molecule has 6 nitrogen and oxygen atoms in total. The van der Waals surface area contributed by atoms with Crippen molar-refractivity contribution in [2.75, 3.05) is 0 Å². The summed E-state index contributed by atoms with van der Waals surface area (Å²) in [6, 6.07) is 7.55. The Hall–Kier alpha value is -1.60. The Morgan fingerprint density at radius 3 is 2.96 bits per heavy atom. The van der Waals surface area contributed by atoms with Gasteiger partial charge in [0.25, 0.3) is 0 Å². The molecule has 140 valence electrons. The molecular weight excluding hydrogens is 370 g/mol. The third-order valence-corrected chi connectivity index (χ3v) is 6.45. The van der Waals surface area contributed by atoms with Crippen LogP contribution in [-0.2, 0) is 4.79 Å². The van der Waals surface area contributed by atoms with Gasteiger partial charge in [0.05, 0.1) is 10.9 Å². The third-order valence-electron chi connectivity index (χ3n) is 5.18. The molecule has 3 rings (SSSR count). The zero-order valence-electron chi connectivity index (χ0n) is 15.2. The second-order valence-corrected chi connectivity index (χ2v) is 8.74. The van der Waals surface area contributed by atoms with Crippen molar-refractivity contribution in [2.45, 2.75) is 56.5 Å². The van der Waals surface area contributed by atoms with Gasteiger partial charge < -0.3 is 5.32 Å². The summed E-state index contributed by atoms with van der Waals surface area (Å²) in [6.45, 7) is 6.38. The first-order chi connectivity index (χ1) is 12.5. The van der Waals surface area contributed by atoms with E-state index in [0.29, 0.717) is 22.0 Å². The van der Waals surface area contributed by atoms with E-state index in [1.807, 2.05) is 19.1 Å². The largest absolute Gasteiger partial charge is 0.352 e. The first-order valence-electron chi connectivity index (χ1n) is 8.97. The predicted molar refractivity (Wildman–Crippen MR) is 104 cm³/mol. The van der Waals surface area contributed by atoms with Crippen LogP contribution in [0, 0.1) is 11.8 Å². The SMILES string of the molecule is C[C@@H]1[C@H](C)CCC[C@H]1NC(=O)[C@@H](C)Sc1nnnn1-c1cccc(Cl)c1. The zero-order chi connectivity index (χ0) is 18.7. The van der Waals surface area contributed by atoms with Crippen molar-refractivity contribution in [1.29, 1.82) is 0 Å². The molecule has 0 unspecified atom stereocenters. The maximum absolute atomic E-state index is 12.7. The summed E-state index contributed by atoms with van der Waals surface area (Å²) in [5, 5.41) is 15.9. The number of rotatable bonds is 5. The standard InChI is InChI=1S/C18H24ClN5OS/c1-11-6-4-9-16(12(11)2)20-17(25)13(3)26-18-21-22-23-24(18)15-8-5-7-14(19)10-15/h5,7-8,10-13,16H,4,6,9H2,1-3H3,(H,20,25)/t11-,12-,13-,16-/m1/s1. The molecule has 1 amide bonds. The fraction of sp³-hybridized carbons (Fsp3) is 0.556. The second-order valence-electron chi connectivity index (χ2n) is 7.00. The molecule has 1 N–H and O–H groups in total. The second kappa shape index (κ2) is 8.39. The number of benzene rings is 1. The number of carbonyl (C=O) groups excluding carboxylic acids is 1. The van der Waals surface area contributed by atoms with Crippen molar-refractivity contribution in [3.8, 4) is 5.69 Å². The minimum atomic E-state index is -0.289. The zero-order valence-corrected chi connectivity index (χ0v) is 16.8. The van der Waals surface area contributed by atoms with E-state index < -0.39 is 0 Å². The van der Waals surface area contributed by atoms with Gasteiger partial charge in [-0.25, -0.2) is 0 Å². The molecule has 8 heteroatoms. The number of nitrogens with zero attached hydrogens (tertiary/aromatic N) is 4. The van der Waals surface area contributed by atoms with E-state index in [2.05, 4.69) is 34.7 Å². The number of hydrogen-bond acceptors (Lipinski definition) is 5. The van der Waals surface area contributed by atoms with Gasteiger partial charge in [0.15, 0.2) is 0 Å². The van der Waals surface area contributed by atoms with E-state index in [4.69, 9.17) is 11.6 Å². The van der Waals surface area contributed by atoms with Crippen LogP contribution in [0.5, 0.6) is 0 Å². The van der Waals surface area contributed by atoms with Crippen LogP contribution in [0.1, 0.15) is 40.0 Å². The number of amides is 1. The van der Waals surface area contributed by atoms with Crippen LogP contribution >= 0.6 is 23.4 Å². The van der Waals surface area contributed by atoms with Crippen molar-refractivity contribution in [1.82, 2.24) is 25.5 Å². The molecule has 1 saturated carbocycles. The van der Waals surface area contributed by atoms with Crippen LogP contribution in [0.3, 0.4) is 0 Å². The highest BCUT2D eigenvalue weighted by Gasteiger charge is 2.30. The van der Waals surface area contributed by atoms with Crippen LogP contribution < -0.4 is 5.32 Å². The van der Waals surface area contributed by atoms with Crippen molar-refractivity contribution in [2.24, 2.45) is 11.8 Å². The van der Waals surface area contributed by atoms with Gasteiger partial charge in [-0.2, -0.15) is 4.68 Å². The van der Waals surface area contributed by atoms with Crippen LogP contribution in [0.2, 0.25) is 5.02 Å². The average molecular weight is 394 g/mol. The fourth-order valence-corrected chi connectivity index (χ4v) is 4.32. The molecule has 0 saturated heterocycles. The van der Waals surface area contributed by atoms with E-state index in [9.17, 15) is 4.79 Å². The molecule has 1 aromatic carbocycles. The van der Waals surface area contributed by atoms with Gasteiger partial charge >= 0.3 is 0 Å². The highest BCUT2D eigenvalue weighted by Crippen LogP contribution is 2.30. The molecule has 1 aliphatic carbocycles. The van der Waals surface area contributed by atoms with Crippen LogP contribution in [-0.4, -0.2) is 37.4 Å². The highest BCUT2D eigenvalue weighted by atomic mass is 35.5. The van der Waals surface area contributed by atoms with Crippen molar-refractivity contribution < 1.29 is 4.79 Å². The van der Waals surface area contributed by atoms with Gasteiger partial charge in [-0.15, -0.1) is 5.10 Å². The van der Waals surface area contributed by atoms with Crippen molar-refractivity contribution >= 4 is 29.3 Å². The summed E-state index contributed by atoms with van der Waals surface area (Å²) in [5.74, 6) is 1.18. The molecule has 1 heterocycles. The summed E-state index contributed by atoms with van der Waals surface area (Å²) < 4.78 is 1.60. The molecule has 2 aromatic rings. The van der Waals surface area contributed by atoms with E-state index in [-0.39, 0.29) is 17.2 Å². The summed E-state index contributed by atoms with van der Waals surface area (Å²) in [5.41, 5.74) is 0.771. The first kappa shape index (κ1) is 19.2. The minimum absolute atomic E-state index is 0.0293. The molecule has 0 aliphatic heterocycles. The van der Waals surface area contributed by atoms with Crippen LogP contribution in [0.15, 0.2) is 29.4 Å². The summed E-state index contributed by atoms with van der Waals surface area (Å²) >= 11 is 7.40. The van der Waals surface area contributed by atoms with Crippen molar-refractivity contribution in [3.05, 3.63) is 29.3 Å². The molecule has 1 fully saturated rings. The smallest absolute Gasteiger partial charge is 0.233 e. The highest BCUT2D eigenvalue weighted by molar-refractivity contribution is 8.00. The number of halogens is 1. The number of thioether (sulfide) groups is 1. The Balaban J connectivity index is 1.66. The van der Waals surface area contributed by atoms with Gasteiger partial charge in [-0.1, -0.05) is 56.1 Å². The molecule has 0 spiro atoms. The van der Waals surface area contributed by atoms with E-state index in [0.717, 1.165) is 12.1 Å². The lowest BCUT2D eigenvalue weighted by atomic mass is 9.78. The number of carbonyl (C=O) groups is 1. The molecule has 0 bridgehead atoms. The maximum Gasteiger partial charge on any atom is 0.233 e. The summed E-state index contributed by atoms with van der Waals surface area (Å²) in [7, 11) is 0. The van der Waals surface area contributed by atoms with Gasteiger partial charge in [-0.05, 0) is 53.8 Å². The lowest BCUT2D eigenvalue weighted by Gasteiger charge is -2.35. The van der Waals surface area contributed by atoms with Crippen LogP contribution in [0.4, 0.5) is 0 Å². The number of hydrogen-bond donors (Lipinski definition) is 1. The third kappa shape index (κ3) is 4.38. The van der Waals surface area contributed by atoms with Gasteiger partial charge in [-0.3, -0.25) is 4.79 Å². The lowest BCUT2D eigenvalue weighted by Crippen LogP contribution is -2.46. The van der Waals surface area contributed by atoms with E-state index >= 15 is 0 Å². The lowest BCUT2D eigenvalue weighted by molar-refractivity contribution is -0.121. The Morgan fingerprint density at radius 1 is 1.38 bits per heavy atom. The quantitative estimate of drug-likeness (QED) is 0.783. The van der Waals surface area contributed by atoms with Gasteiger partial charge in [0, 0.05) is 11.1 Å². The molecule has 4 atom stereocenters. The number of nitrogens with one attached hydrogen (secondary N) is 1. The van der Waals surface area contributed by atoms with Crippen LogP contribution in [0.25, 0.3) is 5.69 Å². The van der Waals surface area contributed by atoms with E-state index in [1.165, 1.54) is 24.6 Å². The predicted octanol–water partition coefficient (Wildman–Crippen LogP) is 3.74. The topological polar surface area (TPSA) is 72.7 Å². The Bertz CT molecular complexity index is 768. The summed E-state index contributed by atoms with van der Waals surface area (Å²) in [6.07, 6.45) is 3.46. The monoisotopic (exact) mass is 393 g/mol. The van der Waals surface area contributed by atoms with Gasteiger partial charge in [0.1, 0.15) is 0 Å². The number of tetrazole rings is 1. The molecule has 26 heavy (non-hydrogen) atoms. The Labute approximate surface area is 163 Å². The Morgan fingerprint density at radius 2 is 2.19 bits per heavy atom. The van der Waals surface area contributed by atoms with Crippen molar-refractivity contribution in [3.63, 3.8) is 0 Å². The first-order valence-corrected chi connectivity index (χ1v) is 10.2. The average Bonchev–Trinajstić information content (AvgIpc) is 3.07. The minimum Gasteiger partial charge on any atom is -0.352 e. The number of aromatic nitrogens is 4. The molecular formula is C18H24ClN5OS. The normalized spacial score (nSPS) is 24.2. The van der Waals surface area contributed by atoms with E-state index in [1.54, 1.807) is 16.8 Å². The molecule has 1 aliphatic rings. The molecule has 0 radical (unpaired) electrons. The fourth-order valence-electron chi connectivity index (χ4n) is 3.32. The maximum atomic E-state index is 12.7. The Kier molecular flexibility index (Phi) is 6.19. The van der Waals surface area contributed by atoms with Gasteiger partial charge in [0.2, 0.25) is 11.1 Å². The molecule has 1 aromatic heterocycles.